The molecule has 284 valence electrons. The SMILES string of the molecule is FC(F)(OC(F)(F)C(F)(F)OC(F)(F)C(F)(F)OC(F)(F)C(F)(F)F)OC(F)(F)C(F)(F)OC(F)(F)C(F)(F)OC(F)(F)C(F)(F)F. The van der Waals surface area contributed by atoms with Crippen molar-refractivity contribution in [1.82, 2.24) is 0 Å². The number of hydrogen-bond donors (Lipinski definition) is 0. The van der Waals surface area contributed by atoms with Gasteiger partial charge in [-0.25, -0.2) is 28.4 Å². The highest BCUT2D eigenvalue weighted by molar-refractivity contribution is 4.80. The number of halogens is 28. The van der Waals surface area contributed by atoms with Crippen molar-refractivity contribution >= 4 is 0 Å². The van der Waals surface area contributed by atoms with Gasteiger partial charge in [-0.1, -0.05) is 0 Å². The van der Waals surface area contributed by atoms with Gasteiger partial charge in [-0.2, -0.15) is 114 Å². The Morgan fingerprint density at radius 3 is 0.447 bits per heavy atom. The molecule has 47 heavy (non-hydrogen) atoms. The maximum atomic E-state index is 13.2. The minimum Gasteiger partial charge on any atom is -0.241 e. The first-order valence-electron chi connectivity index (χ1n) is 9.24. The average Bonchev–Trinajstić information content (AvgIpc) is 2.66. The molecule has 0 aliphatic heterocycles. The zero-order chi connectivity index (χ0) is 38.7. The van der Waals surface area contributed by atoms with E-state index in [-0.39, 0.29) is 0 Å². The lowest BCUT2D eigenvalue weighted by Crippen LogP contribution is -2.60. The maximum absolute atomic E-state index is 13.2. The lowest BCUT2D eigenvalue weighted by atomic mass is 10.5. The molecule has 0 aromatic rings. The van der Waals surface area contributed by atoms with Crippen LogP contribution in [0.15, 0.2) is 0 Å². The number of hydrogen-bond acceptors (Lipinski definition) is 6. The average molecular weight is 784 g/mol. The van der Waals surface area contributed by atoms with Gasteiger partial charge in [0.2, 0.25) is 0 Å². The molecule has 0 radical (unpaired) electrons. The standard InChI is InChI=1S/C13F28O6/c14-1(15,16)3(20,21)42-5(24,25)7(28,29)44-9(32,33)11(36,37)46-13(40,41)47-12(38,39)10(34,35)45-8(30,31)6(26,27)43-4(22,23)2(17,18)19. The number of ether oxygens (including phenoxy) is 6. The van der Waals surface area contributed by atoms with Gasteiger partial charge < -0.3 is 0 Å². The van der Waals surface area contributed by atoms with Gasteiger partial charge in [-0.05, 0) is 0 Å². The van der Waals surface area contributed by atoms with Crippen LogP contribution in [0.5, 0.6) is 0 Å². The van der Waals surface area contributed by atoms with Crippen LogP contribution in [0.25, 0.3) is 0 Å². The van der Waals surface area contributed by atoms with E-state index in [1.54, 1.807) is 0 Å². The fourth-order valence-corrected chi connectivity index (χ4v) is 1.55. The molecule has 34 heteroatoms. The molecule has 0 aliphatic carbocycles. The van der Waals surface area contributed by atoms with Gasteiger partial charge in [0, 0.05) is 0 Å². The number of alkyl halides is 28. The predicted octanol–water partition coefficient (Wildman–Crippen LogP) is 8.69. The molecular weight excluding hydrogens is 784 g/mol. The van der Waals surface area contributed by atoms with Crippen LogP contribution in [0.4, 0.5) is 123 Å². The second kappa shape index (κ2) is 12.0. The Morgan fingerprint density at radius 2 is 0.298 bits per heavy atom. The zero-order valence-electron chi connectivity index (χ0n) is 19.5. The molecule has 0 rings (SSSR count). The normalized spacial score (nSPS) is 16.6. The van der Waals surface area contributed by atoms with Crippen LogP contribution in [-0.4, -0.2) is 79.7 Å². The summed E-state index contributed by atoms with van der Waals surface area (Å²) in [5.41, 5.74) is 0. The van der Waals surface area contributed by atoms with Gasteiger partial charge in [-0.3, -0.25) is 0 Å². The minimum atomic E-state index is -8.10. The lowest BCUT2D eigenvalue weighted by Gasteiger charge is -2.35. The monoisotopic (exact) mass is 784 g/mol. The molecule has 0 aliphatic rings. The van der Waals surface area contributed by atoms with E-state index in [1.165, 1.54) is 9.47 Å². The molecule has 0 saturated heterocycles. The highest BCUT2D eigenvalue weighted by Gasteiger charge is 2.79. The lowest BCUT2D eigenvalue weighted by molar-refractivity contribution is -0.608. The van der Waals surface area contributed by atoms with Crippen molar-refractivity contribution in [2.24, 2.45) is 0 Å². The van der Waals surface area contributed by atoms with E-state index in [0.29, 0.717) is 0 Å². The molecule has 0 bridgehead atoms. The highest BCUT2D eigenvalue weighted by Crippen LogP contribution is 2.53. The van der Waals surface area contributed by atoms with Crippen LogP contribution in [0.1, 0.15) is 0 Å². The van der Waals surface area contributed by atoms with E-state index in [0.717, 1.165) is 18.9 Å². The van der Waals surface area contributed by atoms with Crippen LogP contribution in [0, 0.1) is 0 Å². The summed E-state index contributed by atoms with van der Waals surface area (Å²) in [6.45, 7) is 0. The largest absolute Gasteiger partial charge is 0.495 e. The second-order valence-corrected chi connectivity index (χ2v) is 7.24. The maximum Gasteiger partial charge on any atom is 0.495 e. The quantitative estimate of drug-likeness (QED) is 0.115. The fourth-order valence-electron chi connectivity index (χ4n) is 1.55. The molecule has 0 atom stereocenters. The van der Waals surface area contributed by atoms with Crippen molar-refractivity contribution < 1.29 is 151 Å². The van der Waals surface area contributed by atoms with Gasteiger partial charge in [0.05, 0.1) is 0 Å². The second-order valence-electron chi connectivity index (χ2n) is 7.24. The third-order valence-electron chi connectivity index (χ3n) is 3.53. The van der Waals surface area contributed by atoms with E-state index in [9.17, 15) is 123 Å². The van der Waals surface area contributed by atoms with Crippen LogP contribution >= 0.6 is 0 Å². The van der Waals surface area contributed by atoms with Crippen molar-refractivity contribution in [3.63, 3.8) is 0 Å². The Hall–Kier alpha value is -2.20. The topological polar surface area (TPSA) is 55.4 Å². The Bertz CT molecular complexity index is 992. The first-order valence-corrected chi connectivity index (χ1v) is 9.24. The zero-order valence-corrected chi connectivity index (χ0v) is 19.5. The molecular formula is C13F28O6. The Morgan fingerprint density at radius 1 is 0.170 bits per heavy atom. The molecule has 0 N–H and O–H groups in total. The van der Waals surface area contributed by atoms with E-state index in [4.69, 9.17) is 0 Å². The summed E-state index contributed by atoms with van der Waals surface area (Å²) in [5, 5.41) is 0. The molecule has 0 amide bonds. The fraction of sp³-hybridized carbons (Fsp3) is 1.00. The first kappa shape index (κ1) is 44.8. The Labute approximate surface area is 232 Å². The van der Waals surface area contributed by atoms with E-state index in [1.807, 2.05) is 0 Å². The summed E-state index contributed by atoms with van der Waals surface area (Å²) in [5.74, 6) is 0. The van der Waals surface area contributed by atoms with Crippen LogP contribution < -0.4 is 0 Å². The molecule has 0 spiro atoms. The summed E-state index contributed by atoms with van der Waals surface area (Å²) in [6.07, 6.45) is -102. The molecule has 0 unspecified atom stereocenters. The summed E-state index contributed by atoms with van der Waals surface area (Å²) in [7, 11) is 0. The summed E-state index contributed by atoms with van der Waals surface area (Å²) >= 11 is 0. The first-order chi connectivity index (χ1) is 19.7. The predicted molar refractivity (Wildman–Crippen MR) is 73.0 cm³/mol. The van der Waals surface area contributed by atoms with Crippen molar-refractivity contribution in [2.45, 2.75) is 79.7 Å². The molecule has 0 aromatic carbocycles. The van der Waals surface area contributed by atoms with Crippen molar-refractivity contribution in [2.75, 3.05) is 0 Å². The molecule has 0 aromatic heterocycles. The summed E-state index contributed by atoms with van der Waals surface area (Å²) in [6, 6.07) is 0. The van der Waals surface area contributed by atoms with E-state index < -0.39 is 79.7 Å². The van der Waals surface area contributed by atoms with Gasteiger partial charge >= 0.3 is 79.7 Å². The van der Waals surface area contributed by atoms with Gasteiger partial charge in [0.15, 0.2) is 0 Å². The van der Waals surface area contributed by atoms with Crippen molar-refractivity contribution in [1.29, 1.82) is 0 Å². The van der Waals surface area contributed by atoms with E-state index >= 15 is 0 Å². The van der Waals surface area contributed by atoms with Crippen LogP contribution in [0.3, 0.4) is 0 Å². The highest BCUT2D eigenvalue weighted by atomic mass is 19.4. The van der Waals surface area contributed by atoms with Gasteiger partial charge in [0.1, 0.15) is 0 Å². The van der Waals surface area contributed by atoms with E-state index in [2.05, 4.69) is 0 Å². The summed E-state index contributed by atoms with van der Waals surface area (Å²) < 4.78 is 363. The third-order valence-corrected chi connectivity index (χ3v) is 3.53. The van der Waals surface area contributed by atoms with Crippen molar-refractivity contribution in [3.05, 3.63) is 0 Å². The number of rotatable bonds is 16. The van der Waals surface area contributed by atoms with Gasteiger partial charge in [-0.15, -0.1) is 8.78 Å². The van der Waals surface area contributed by atoms with Crippen LogP contribution in [0.2, 0.25) is 0 Å². The van der Waals surface area contributed by atoms with Gasteiger partial charge in [0.25, 0.3) is 0 Å². The molecule has 0 heterocycles. The van der Waals surface area contributed by atoms with Crippen LogP contribution in [-0.2, 0) is 28.4 Å². The Kier molecular flexibility index (Phi) is 11.4. The molecule has 0 saturated carbocycles. The minimum absolute atomic E-state index is 1.12. The Balaban J connectivity index is 6.15. The molecule has 6 nitrogen and oxygen atoms in total. The van der Waals surface area contributed by atoms with Crippen molar-refractivity contribution in [3.8, 4) is 0 Å². The smallest absolute Gasteiger partial charge is 0.241 e. The summed E-state index contributed by atoms with van der Waals surface area (Å²) in [4.78, 5) is 0. The third kappa shape index (κ3) is 9.93. The molecule has 0 fully saturated rings.